The van der Waals surface area contributed by atoms with E-state index < -0.39 is 5.97 Å². The number of aryl methyl sites for hydroxylation is 2. The van der Waals surface area contributed by atoms with Gasteiger partial charge in [-0.1, -0.05) is 12.1 Å². The van der Waals surface area contributed by atoms with Crippen LogP contribution in [0.1, 0.15) is 43.2 Å². The minimum Gasteiger partial charge on any atom is -0.481 e. The first-order chi connectivity index (χ1) is 9.90. The third kappa shape index (κ3) is 6.29. The van der Waals surface area contributed by atoms with E-state index in [0.29, 0.717) is 25.3 Å². The van der Waals surface area contributed by atoms with Crippen LogP contribution in [0, 0.1) is 19.8 Å². The molecular weight excluding hydrogens is 274 g/mol. The van der Waals surface area contributed by atoms with E-state index in [0.717, 1.165) is 17.7 Å². The van der Waals surface area contributed by atoms with E-state index in [1.54, 1.807) is 6.92 Å². The first-order valence-corrected chi connectivity index (χ1v) is 7.05. The lowest BCUT2D eigenvalue weighted by Crippen LogP contribution is -2.36. The van der Waals surface area contributed by atoms with Crippen molar-refractivity contribution in [3.8, 4) is 0 Å². The summed E-state index contributed by atoms with van der Waals surface area (Å²) in [6, 6.07) is -0.250. The second kappa shape index (κ2) is 8.28. The van der Waals surface area contributed by atoms with Crippen LogP contribution >= 0.6 is 0 Å². The summed E-state index contributed by atoms with van der Waals surface area (Å²) in [7, 11) is 0. The summed E-state index contributed by atoms with van der Waals surface area (Å²) in [6.07, 6.45) is 1.54. The van der Waals surface area contributed by atoms with Gasteiger partial charge >= 0.3 is 12.0 Å². The van der Waals surface area contributed by atoms with Crippen molar-refractivity contribution in [3.05, 3.63) is 17.0 Å². The van der Waals surface area contributed by atoms with E-state index in [2.05, 4.69) is 15.8 Å². The maximum absolute atomic E-state index is 11.6. The van der Waals surface area contributed by atoms with Crippen LogP contribution in [-0.2, 0) is 11.3 Å². The van der Waals surface area contributed by atoms with Crippen molar-refractivity contribution in [1.82, 2.24) is 15.8 Å². The number of carbonyl (C=O) groups excluding carboxylic acids is 1. The first kappa shape index (κ1) is 17.0. The molecule has 7 nitrogen and oxygen atoms in total. The summed E-state index contributed by atoms with van der Waals surface area (Å²) in [5, 5.41) is 17.9. The molecule has 0 aliphatic heterocycles. The minimum atomic E-state index is -0.785. The molecule has 1 atom stereocenters. The summed E-state index contributed by atoms with van der Waals surface area (Å²) in [4.78, 5) is 22.1. The number of urea groups is 1. The number of aliphatic carboxylic acids is 1. The number of carbonyl (C=O) groups is 2. The average Bonchev–Trinajstić information content (AvgIpc) is 2.73. The third-order valence-electron chi connectivity index (χ3n) is 3.38. The molecule has 3 N–H and O–H groups in total. The summed E-state index contributed by atoms with van der Waals surface area (Å²) in [5.41, 5.74) is 1.66. The molecule has 0 aliphatic carbocycles. The van der Waals surface area contributed by atoms with Gasteiger partial charge in [0.15, 0.2) is 0 Å². The second-order valence-corrected chi connectivity index (χ2v) is 5.24. The molecule has 0 bridgehead atoms. The van der Waals surface area contributed by atoms with Crippen LogP contribution < -0.4 is 10.6 Å². The molecule has 0 spiro atoms. The Balaban J connectivity index is 2.18. The van der Waals surface area contributed by atoms with Gasteiger partial charge in [0, 0.05) is 25.1 Å². The summed E-state index contributed by atoms with van der Waals surface area (Å²) >= 11 is 0. The van der Waals surface area contributed by atoms with E-state index >= 15 is 0 Å². The molecule has 0 fully saturated rings. The summed E-state index contributed by atoms with van der Waals surface area (Å²) < 4.78 is 5.02. The number of amides is 2. The number of nitrogens with zero attached hydrogens (tertiary/aromatic N) is 1. The van der Waals surface area contributed by atoms with E-state index in [9.17, 15) is 9.59 Å². The zero-order valence-electron chi connectivity index (χ0n) is 12.7. The average molecular weight is 297 g/mol. The van der Waals surface area contributed by atoms with E-state index in [4.69, 9.17) is 9.63 Å². The standard InChI is InChI=1S/C14H23N3O4/c1-9(4-5-13(18)19)6-7-15-14(20)16-8-12-10(2)17-21-11(12)3/h9H,4-8H2,1-3H3,(H,18,19)(H2,15,16,20). The van der Waals surface area contributed by atoms with Crippen LogP contribution in [-0.4, -0.2) is 28.8 Å². The molecule has 1 unspecified atom stereocenters. The van der Waals surface area contributed by atoms with Crippen LogP contribution in [0.4, 0.5) is 4.79 Å². The molecule has 0 saturated carbocycles. The monoisotopic (exact) mass is 297 g/mol. The molecule has 1 aromatic heterocycles. The van der Waals surface area contributed by atoms with Crippen LogP contribution in [0.3, 0.4) is 0 Å². The van der Waals surface area contributed by atoms with Gasteiger partial charge in [-0.2, -0.15) is 0 Å². The van der Waals surface area contributed by atoms with Crippen molar-refractivity contribution in [2.45, 2.75) is 46.6 Å². The van der Waals surface area contributed by atoms with Crippen molar-refractivity contribution in [1.29, 1.82) is 0 Å². The second-order valence-electron chi connectivity index (χ2n) is 5.24. The molecule has 1 heterocycles. The summed E-state index contributed by atoms with van der Waals surface area (Å²) in [5.74, 6) is 0.186. The normalized spacial score (nSPS) is 12.0. The number of carboxylic acids is 1. The first-order valence-electron chi connectivity index (χ1n) is 7.05. The zero-order valence-corrected chi connectivity index (χ0v) is 12.7. The number of carboxylic acid groups (broad SMARTS) is 1. The molecule has 0 aromatic carbocycles. The van der Waals surface area contributed by atoms with Gasteiger partial charge in [0.05, 0.1) is 5.69 Å². The van der Waals surface area contributed by atoms with Crippen molar-refractivity contribution in [3.63, 3.8) is 0 Å². The Bertz CT molecular complexity index is 465. The lowest BCUT2D eigenvalue weighted by atomic mass is 10.0. The number of aromatic nitrogens is 1. The highest BCUT2D eigenvalue weighted by Gasteiger charge is 2.10. The SMILES string of the molecule is Cc1noc(C)c1CNC(=O)NCCC(C)CCC(=O)O. The van der Waals surface area contributed by atoms with Gasteiger partial charge in [-0.25, -0.2) is 4.79 Å². The quantitative estimate of drug-likeness (QED) is 0.680. The molecule has 7 heteroatoms. The van der Waals surface area contributed by atoms with Gasteiger partial charge in [-0.3, -0.25) is 4.79 Å². The van der Waals surface area contributed by atoms with Crippen LogP contribution in [0.15, 0.2) is 4.52 Å². The van der Waals surface area contributed by atoms with Crippen molar-refractivity contribution in [2.24, 2.45) is 5.92 Å². The Morgan fingerprint density at radius 2 is 2.00 bits per heavy atom. The molecule has 1 rings (SSSR count). The Hall–Kier alpha value is -2.05. The maximum atomic E-state index is 11.6. The Morgan fingerprint density at radius 1 is 1.29 bits per heavy atom. The minimum absolute atomic E-state index is 0.166. The molecule has 21 heavy (non-hydrogen) atoms. The number of hydrogen-bond acceptors (Lipinski definition) is 4. The predicted octanol–water partition coefficient (Wildman–Crippen LogP) is 1.98. The fourth-order valence-corrected chi connectivity index (χ4v) is 1.93. The summed E-state index contributed by atoms with van der Waals surface area (Å²) in [6.45, 7) is 6.51. The lowest BCUT2D eigenvalue weighted by molar-refractivity contribution is -0.137. The molecule has 0 aliphatic rings. The van der Waals surface area contributed by atoms with Gasteiger partial charge in [-0.05, 0) is 32.6 Å². The highest BCUT2D eigenvalue weighted by molar-refractivity contribution is 5.73. The molecule has 1 aromatic rings. The van der Waals surface area contributed by atoms with Crippen molar-refractivity contribution in [2.75, 3.05) is 6.54 Å². The van der Waals surface area contributed by atoms with Crippen molar-refractivity contribution < 1.29 is 19.2 Å². The van der Waals surface area contributed by atoms with Crippen LogP contribution in [0.25, 0.3) is 0 Å². The van der Waals surface area contributed by atoms with Crippen LogP contribution in [0.2, 0.25) is 0 Å². The zero-order chi connectivity index (χ0) is 15.8. The molecule has 0 saturated heterocycles. The van der Waals surface area contributed by atoms with Crippen molar-refractivity contribution >= 4 is 12.0 Å². The number of rotatable bonds is 8. The Morgan fingerprint density at radius 3 is 2.57 bits per heavy atom. The van der Waals surface area contributed by atoms with Gasteiger partial charge in [0.25, 0.3) is 0 Å². The fraction of sp³-hybridized carbons (Fsp3) is 0.643. The highest BCUT2D eigenvalue weighted by atomic mass is 16.5. The van der Waals surface area contributed by atoms with Gasteiger partial charge in [0.1, 0.15) is 5.76 Å². The highest BCUT2D eigenvalue weighted by Crippen LogP contribution is 2.11. The number of nitrogens with one attached hydrogen (secondary N) is 2. The van der Waals surface area contributed by atoms with Crippen LogP contribution in [0.5, 0.6) is 0 Å². The lowest BCUT2D eigenvalue weighted by Gasteiger charge is -2.11. The molecular formula is C14H23N3O4. The molecule has 0 radical (unpaired) electrons. The Labute approximate surface area is 124 Å². The third-order valence-corrected chi connectivity index (χ3v) is 3.38. The molecule has 2 amide bonds. The van der Waals surface area contributed by atoms with Gasteiger partial charge in [0.2, 0.25) is 0 Å². The van der Waals surface area contributed by atoms with E-state index in [-0.39, 0.29) is 18.4 Å². The van der Waals surface area contributed by atoms with Gasteiger partial charge < -0.3 is 20.3 Å². The largest absolute Gasteiger partial charge is 0.481 e. The fourth-order valence-electron chi connectivity index (χ4n) is 1.93. The van der Waals surface area contributed by atoms with E-state index in [1.807, 2.05) is 13.8 Å². The van der Waals surface area contributed by atoms with Gasteiger partial charge in [-0.15, -0.1) is 0 Å². The maximum Gasteiger partial charge on any atom is 0.315 e. The number of hydrogen-bond donors (Lipinski definition) is 3. The predicted molar refractivity (Wildman–Crippen MR) is 76.9 cm³/mol. The van der Waals surface area contributed by atoms with E-state index in [1.165, 1.54) is 0 Å². The molecule has 118 valence electrons. The Kier molecular flexibility index (Phi) is 6.71. The topological polar surface area (TPSA) is 104 Å². The smallest absolute Gasteiger partial charge is 0.315 e.